The van der Waals surface area contributed by atoms with E-state index in [0.717, 1.165) is 38.1 Å². The molecule has 1 aromatic rings. The minimum absolute atomic E-state index is 0.384. The molecule has 0 bridgehead atoms. The molecular weight excluding hydrogens is 250 g/mol. The van der Waals surface area contributed by atoms with Gasteiger partial charge in [-0.15, -0.1) is 0 Å². The summed E-state index contributed by atoms with van der Waals surface area (Å²) in [7, 11) is 2.06. The summed E-state index contributed by atoms with van der Waals surface area (Å²) in [5, 5.41) is 2.63. The van der Waals surface area contributed by atoms with Gasteiger partial charge in [-0.05, 0) is 51.0 Å². The molecule has 1 heterocycles. The van der Waals surface area contributed by atoms with Crippen molar-refractivity contribution in [2.45, 2.75) is 12.8 Å². The summed E-state index contributed by atoms with van der Waals surface area (Å²) in [5.74, 6) is -1.92. The Balaban J connectivity index is 1.91. The molecule has 3 nitrogen and oxygen atoms in total. The normalized spacial score (nSPS) is 17.4. The number of amides is 1. The predicted molar refractivity (Wildman–Crippen MR) is 68.9 cm³/mol. The Kier molecular flexibility index (Phi) is 4.47. The zero-order chi connectivity index (χ0) is 13.8. The highest BCUT2D eigenvalue weighted by molar-refractivity contribution is 5.94. The van der Waals surface area contributed by atoms with Gasteiger partial charge in [-0.2, -0.15) is 0 Å². The maximum Gasteiger partial charge on any atom is 0.257 e. The molecule has 1 N–H and O–H groups in total. The second-order valence-corrected chi connectivity index (χ2v) is 5.05. The first-order valence-electron chi connectivity index (χ1n) is 6.48. The van der Waals surface area contributed by atoms with Crippen molar-refractivity contribution in [2.75, 3.05) is 26.7 Å². The van der Waals surface area contributed by atoms with Gasteiger partial charge in [0.25, 0.3) is 5.91 Å². The van der Waals surface area contributed by atoms with E-state index in [0.29, 0.717) is 12.5 Å². The summed E-state index contributed by atoms with van der Waals surface area (Å²) in [5.41, 5.74) is -0.490. The lowest BCUT2D eigenvalue weighted by molar-refractivity contribution is 0.0930. The SMILES string of the molecule is CN1CCC(CNC(=O)c2c(F)cccc2F)CC1. The Bertz CT molecular complexity index is 437. The molecule has 1 aliphatic heterocycles. The van der Waals surface area contributed by atoms with Crippen LogP contribution in [0, 0.1) is 17.6 Å². The molecule has 0 atom stereocenters. The van der Waals surface area contributed by atoms with Gasteiger partial charge in [0.05, 0.1) is 0 Å². The molecule has 5 heteroatoms. The van der Waals surface area contributed by atoms with Gasteiger partial charge in [-0.1, -0.05) is 6.07 Å². The molecule has 2 rings (SSSR count). The smallest absolute Gasteiger partial charge is 0.257 e. The Morgan fingerprint density at radius 2 is 1.89 bits per heavy atom. The highest BCUT2D eigenvalue weighted by Crippen LogP contribution is 2.16. The van der Waals surface area contributed by atoms with Gasteiger partial charge in [-0.25, -0.2) is 8.78 Å². The Morgan fingerprint density at radius 1 is 1.32 bits per heavy atom. The Labute approximate surface area is 111 Å². The van der Waals surface area contributed by atoms with Crippen LogP contribution < -0.4 is 5.32 Å². The van der Waals surface area contributed by atoms with Crippen LogP contribution in [0.15, 0.2) is 18.2 Å². The fourth-order valence-electron chi connectivity index (χ4n) is 2.31. The first-order chi connectivity index (χ1) is 9.08. The van der Waals surface area contributed by atoms with Crippen molar-refractivity contribution < 1.29 is 13.6 Å². The molecule has 1 aliphatic rings. The molecule has 1 fully saturated rings. The van der Waals surface area contributed by atoms with Crippen molar-refractivity contribution in [1.82, 2.24) is 10.2 Å². The molecule has 0 spiro atoms. The quantitative estimate of drug-likeness (QED) is 0.910. The van der Waals surface area contributed by atoms with Gasteiger partial charge in [0.15, 0.2) is 0 Å². The zero-order valence-electron chi connectivity index (χ0n) is 11.0. The maximum absolute atomic E-state index is 13.4. The number of benzene rings is 1. The first kappa shape index (κ1) is 13.9. The molecule has 19 heavy (non-hydrogen) atoms. The third-order valence-corrected chi connectivity index (χ3v) is 3.58. The monoisotopic (exact) mass is 268 g/mol. The van der Waals surface area contributed by atoms with Crippen molar-refractivity contribution >= 4 is 5.91 Å². The Hall–Kier alpha value is -1.49. The van der Waals surface area contributed by atoms with Gasteiger partial charge in [0, 0.05) is 6.54 Å². The summed E-state index contributed by atoms with van der Waals surface area (Å²) in [6, 6.07) is 3.43. The highest BCUT2D eigenvalue weighted by Gasteiger charge is 2.20. The summed E-state index contributed by atoms with van der Waals surface area (Å²) in [6.45, 7) is 2.46. The van der Waals surface area contributed by atoms with E-state index in [1.807, 2.05) is 0 Å². The minimum Gasteiger partial charge on any atom is -0.352 e. The number of hydrogen-bond donors (Lipinski definition) is 1. The molecule has 104 valence electrons. The summed E-state index contributed by atoms with van der Waals surface area (Å²) in [4.78, 5) is 14.0. The van der Waals surface area contributed by atoms with Crippen LogP contribution in [-0.2, 0) is 0 Å². The number of likely N-dealkylation sites (tertiary alicyclic amines) is 1. The topological polar surface area (TPSA) is 32.3 Å². The van der Waals surface area contributed by atoms with Crippen LogP contribution in [0.3, 0.4) is 0 Å². The third kappa shape index (κ3) is 3.50. The van der Waals surface area contributed by atoms with E-state index >= 15 is 0 Å². The molecule has 0 unspecified atom stereocenters. The largest absolute Gasteiger partial charge is 0.352 e. The molecule has 1 aromatic carbocycles. The number of piperidine rings is 1. The van der Waals surface area contributed by atoms with Crippen LogP contribution in [-0.4, -0.2) is 37.5 Å². The van der Waals surface area contributed by atoms with Gasteiger partial charge in [-0.3, -0.25) is 4.79 Å². The molecular formula is C14H18F2N2O. The number of rotatable bonds is 3. The number of nitrogens with zero attached hydrogens (tertiary/aromatic N) is 1. The van der Waals surface area contributed by atoms with E-state index < -0.39 is 23.1 Å². The van der Waals surface area contributed by atoms with E-state index in [9.17, 15) is 13.6 Å². The van der Waals surface area contributed by atoms with Crippen molar-refractivity contribution in [3.05, 3.63) is 35.4 Å². The summed E-state index contributed by atoms with van der Waals surface area (Å²) < 4.78 is 26.8. The lowest BCUT2D eigenvalue weighted by Crippen LogP contribution is -2.37. The number of hydrogen-bond acceptors (Lipinski definition) is 2. The van der Waals surface area contributed by atoms with Crippen LogP contribution in [0.5, 0.6) is 0 Å². The predicted octanol–water partition coefficient (Wildman–Crippen LogP) is 2.04. The first-order valence-corrected chi connectivity index (χ1v) is 6.48. The second-order valence-electron chi connectivity index (χ2n) is 5.05. The highest BCUT2D eigenvalue weighted by atomic mass is 19.1. The number of nitrogens with one attached hydrogen (secondary N) is 1. The maximum atomic E-state index is 13.4. The number of carbonyl (C=O) groups excluding carboxylic acids is 1. The fraction of sp³-hybridized carbons (Fsp3) is 0.500. The fourth-order valence-corrected chi connectivity index (χ4v) is 2.31. The molecule has 0 saturated carbocycles. The second kappa shape index (κ2) is 6.10. The van der Waals surface area contributed by atoms with E-state index in [4.69, 9.17) is 0 Å². The van der Waals surface area contributed by atoms with E-state index in [2.05, 4.69) is 17.3 Å². The lowest BCUT2D eigenvalue weighted by atomic mass is 9.97. The average molecular weight is 268 g/mol. The van der Waals surface area contributed by atoms with E-state index in [1.165, 1.54) is 6.07 Å². The van der Waals surface area contributed by atoms with Crippen molar-refractivity contribution in [3.8, 4) is 0 Å². The molecule has 0 aromatic heterocycles. The summed E-state index contributed by atoms with van der Waals surface area (Å²) in [6.07, 6.45) is 1.99. The molecule has 1 amide bonds. The van der Waals surface area contributed by atoms with Crippen LogP contribution in [0.2, 0.25) is 0 Å². The van der Waals surface area contributed by atoms with Crippen LogP contribution in [0.1, 0.15) is 23.2 Å². The van der Waals surface area contributed by atoms with Crippen LogP contribution in [0.25, 0.3) is 0 Å². The Morgan fingerprint density at radius 3 is 2.47 bits per heavy atom. The van der Waals surface area contributed by atoms with Gasteiger partial charge >= 0.3 is 0 Å². The minimum atomic E-state index is -0.819. The standard InChI is InChI=1S/C14H18F2N2O/c1-18-7-5-10(6-8-18)9-17-14(19)13-11(15)3-2-4-12(13)16/h2-4,10H,5-9H2,1H3,(H,17,19). The lowest BCUT2D eigenvalue weighted by Gasteiger charge is -2.28. The number of carbonyl (C=O) groups is 1. The van der Waals surface area contributed by atoms with Crippen molar-refractivity contribution in [2.24, 2.45) is 5.92 Å². The van der Waals surface area contributed by atoms with Gasteiger partial charge in [0.2, 0.25) is 0 Å². The number of halogens is 2. The molecule has 1 saturated heterocycles. The summed E-state index contributed by atoms with van der Waals surface area (Å²) >= 11 is 0. The van der Waals surface area contributed by atoms with Crippen molar-refractivity contribution in [3.63, 3.8) is 0 Å². The van der Waals surface area contributed by atoms with Gasteiger partial charge < -0.3 is 10.2 Å². The van der Waals surface area contributed by atoms with Crippen LogP contribution in [0.4, 0.5) is 8.78 Å². The molecule has 0 radical (unpaired) electrons. The van der Waals surface area contributed by atoms with Crippen LogP contribution >= 0.6 is 0 Å². The molecule has 0 aliphatic carbocycles. The van der Waals surface area contributed by atoms with E-state index in [-0.39, 0.29) is 0 Å². The third-order valence-electron chi connectivity index (χ3n) is 3.58. The van der Waals surface area contributed by atoms with Crippen molar-refractivity contribution in [1.29, 1.82) is 0 Å². The average Bonchev–Trinajstić information content (AvgIpc) is 2.38. The van der Waals surface area contributed by atoms with E-state index in [1.54, 1.807) is 0 Å². The zero-order valence-corrected chi connectivity index (χ0v) is 11.0. The van der Waals surface area contributed by atoms with Gasteiger partial charge in [0.1, 0.15) is 17.2 Å².